The van der Waals surface area contributed by atoms with E-state index in [0.717, 1.165) is 13.1 Å². The third-order valence-electron chi connectivity index (χ3n) is 2.54. The molecule has 1 aliphatic rings. The lowest BCUT2D eigenvalue weighted by Gasteiger charge is -2.29. The summed E-state index contributed by atoms with van der Waals surface area (Å²) >= 11 is 0. The minimum atomic E-state index is -0.175. The molecule has 0 aromatic heterocycles. The fourth-order valence-electron chi connectivity index (χ4n) is 1.54. The SMILES string of the molecule is COCC(=O)N(C)CC(=O)N1CCNCC1.Cl. The Kier molecular flexibility index (Phi) is 7.86. The molecule has 0 bridgehead atoms. The van der Waals surface area contributed by atoms with Gasteiger partial charge in [0.15, 0.2) is 0 Å². The predicted octanol–water partition coefficient (Wildman–Crippen LogP) is -1.06. The summed E-state index contributed by atoms with van der Waals surface area (Å²) in [6, 6.07) is 0. The molecule has 0 spiro atoms. The summed E-state index contributed by atoms with van der Waals surface area (Å²) in [6.45, 7) is 3.22. The minimum Gasteiger partial charge on any atom is -0.375 e. The normalized spacial score (nSPS) is 15.1. The van der Waals surface area contributed by atoms with Crippen LogP contribution >= 0.6 is 12.4 Å². The smallest absolute Gasteiger partial charge is 0.248 e. The van der Waals surface area contributed by atoms with E-state index in [4.69, 9.17) is 4.74 Å². The first-order valence-corrected chi connectivity index (χ1v) is 5.36. The molecule has 6 nitrogen and oxygen atoms in total. The average Bonchev–Trinajstić information content (AvgIpc) is 2.30. The third-order valence-corrected chi connectivity index (χ3v) is 2.54. The summed E-state index contributed by atoms with van der Waals surface area (Å²) in [6.07, 6.45) is 0. The molecule has 1 heterocycles. The lowest BCUT2D eigenvalue weighted by molar-refractivity contribution is -0.141. The highest BCUT2D eigenvalue weighted by molar-refractivity contribution is 5.85. The number of hydrogen-bond acceptors (Lipinski definition) is 4. The van der Waals surface area contributed by atoms with Crippen LogP contribution in [0.5, 0.6) is 0 Å². The summed E-state index contributed by atoms with van der Waals surface area (Å²) in [4.78, 5) is 26.3. The fourth-order valence-corrected chi connectivity index (χ4v) is 1.54. The zero-order valence-electron chi connectivity index (χ0n) is 10.3. The summed E-state index contributed by atoms with van der Waals surface area (Å²) in [7, 11) is 3.07. The van der Waals surface area contributed by atoms with Crippen molar-refractivity contribution in [2.24, 2.45) is 0 Å². The van der Waals surface area contributed by atoms with Crippen molar-refractivity contribution in [1.29, 1.82) is 0 Å². The van der Waals surface area contributed by atoms with E-state index in [0.29, 0.717) is 13.1 Å². The highest BCUT2D eigenvalue weighted by Gasteiger charge is 2.19. The van der Waals surface area contributed by atoms with Gasteiger partial charge in [-0.1, -0.05) is 0 Å². The molecule has 1 rings (SSSR count). The Morgan fingerprint density at radius 3 is 2.47 bits per heavy atom. The van der Waals surface area contributed by atoms with E-state index < -0.39 is 0 Å². The molecule has 1 N–H and O–H groups in total. The number of amides is 2. The molecule has 0 aliphatic carbocycles. The molecule has 0 radical (unpaired) electrons. The number of halogens is 1. The van der Waals surface area contributed by atoms with E-state index in [9.17, 15) is 9.59 Å². The molecule has 7 heteroatoms. The van der Waals surface area contributed by atoms with E-state index in [1.165, 1.54) is 12.0 Å². The molecule has 1 fully saturated rings. The van der Waals surface area contributed by atoms with E-state index in [-0.39, 0.29) is 37.4 Å². The van der Waals surface area contributed by atoms with Gasteiger partial charge in [-0.2, -0.15) is 0 Å². The molecule has 0 aromatic rings. The molecule has 100 valence electrons. The van der Waals surface area contributed by atoms with E-state index >= 15 is 0 Å². The van der Waals surface area contributed by atoms with Gasteiger partial charge < -0.3 is 19.9 Å². The quantitative estimate of drug-likeness (QED) is 0.704. The van der Waals surface area contributed by atoms with Crippen molar-refractivity contribution in [3.8, 4) is 0 Å². The van der Waals surface area contributed by atoms with Crippen LogP contribution in [0.25, 0.3) is 0 Å². The second kappa shape index (κ2) is 8.27. The Morgan fingerprint density at radius 1 is 1.35 bits per heavy atom. The van der Waals surface area contributed by atoms with Crippen molar-refractivity contribution in [2.75, 3.05) is 53.5 Å². The average molecular weight is 266 g/mol. The Bertz CT molecular complexity index is 257. The van der Waals surface area contributed by atoms with Crippen molar-refractivity contribution in [3.05, 3.63) is 0 Å². The highest BCUT2D eigenvalue weighted by atomic mass is 35.5. The maximum absolute atomic E-state index is 11.8. The number of piperazine rings is 1. The molecule has 17 heavy (non-hydrogen) atoms. The predicted molar refractivity (Wildman–Crippen MR) is 66.2 cm³/mol. The highest BCUT2D eigenvalue weighted by Crippen LogP contribution is 1.96. The zero-order valence-corrected chi connectivity index (χ0v) is 11.1. The number of ether oxygens (including phenoxy) is 1. The minimum absolute atomic E-state index is 0. The second-order valence-electron chi connectivity index (χ2n) is 3.81. The van der Waals surface area contributed by atoms with Gasteiger partial charge in [0.25, 0.3) is 0 Å². The van der Waals surface area contributed by atoms with Gasteiger partial charge >= 0.3 is 0 Å². The van der Waals surface area contributed by atoms with Gasteiger partial charge in [0.05, 0.1) is 6.54 Å². The number of rotatable bonds is 4. The molecule has 0 saturated carbocycles. The number of carbonyl (C=O) groups excluding carboxylic acids is 2. The van der Waals surface area contributed by atoms with Crippen LogP contribution in [0.4, 0.5) is 0 Å². The number of nitrogens with one attached hydrogen (secondary N) is 1. The van der Waals surface area contributed by atoms with E-state index in [2.05, 4.69) is 5.32 Å². The van der Waals surface area contributed by atoms with Crippen molar-refractivity contribution in [2.45, 2.75) is 0 Å². The number of likely N-dealkylation sites (N-methyl/N-ethyl adjacent to an activating group) is 1. The van der Waals surface area contributed by atoms with Gasteiger partial charge in [-0.05, 0) is 0 Å². The van der Waals surface area contributed by atoms with Crippen LogP contribution in [-0.4, -0.2) is 75.1 Å². The first-order chi connectivity index (χ1) is 7.65. The van der Waals surface area contributed by atoms with Crippen LogP contribution in [0.15, 0.2) is 0 Å². The topological polar surface area (TPSA) is 61.9 Å². The Balaban J connectivity index is 0.00000256. The Labute approximate surface area is 108 Å². The first-order valence-electron chi connectivity index (χ1n) is 5.36. The maximum Gasteiger partial charge on any atom is 0.248 e. The van der Waals surface area contributed by atoms with Crippen LogP contribution in [-0.2, 0) is 14.3 Å². The molecule has 0 unspecified atom stereocenters. The van der Waals surface area contributed by atoms with Crippen LogP contribution in [0, 0.1) is 0 Å². The molecule has 0 aromatic carbocycles. The van der Waals surface area contributed by atoms with Crippen LogP contribution in [0.2, 0.25) is 0 Å². The summed E-state index contributed by atoms with van der Waals surface area (Å²) < 4.78 is 4.73. The number of methoxy groups -OCH3 is 1. The molecule has 1 aliphatic heterocycles. The van der Waals surface area contributed by atoms with Crippen molar-refractivity contribution in [1.82, 2.24) is 15.1 Å². The Hall–Kier alpha value is -0.850. The van der Waals surface area contributed by atoms with Crippen LogP contribution in [0.1, 0.15) is 0 Å². The summed E-state index contributed by atoms with van der Waals surface area (Å²) in [5, 5.41) is 3.17. The standard InChI is InChI=1S/C10H19N3O3.ClH/c1-12(10(15)8-16-2)7-9(14)13-5-3-11-4-6-13;/h11H,3-8H2,1-2H3;1H. The number of carbonyl (C=O) groups is 2. The maximum atomic E-state index is 11.8. The summed E-state index contributed by atoms with van der Waals surface area (Å²) in [5.41, 5.74) is 0. The molecule has 0 atom stereocenters. The Morgan fingerprint density at radius 2 is 1.94 bits per heavy atom. The van der Waals surface area contributed by atoms with Gasteiger partial charge in [0, 0.05) is 40.3 Å². The number of hydrogen-bond donors (Lipinski definition) is 1. The zero-order chi connectivity index (χ0) is 12.0. The van der Waals surface area contributed by atoms with Gasteiger partial charge in [0.1, 0.15) is 6.61 Å². The lowest BCUT2D eigenvalue weighted by atomic mass is 10.3. The lowest BCUT2D eigenvalue weighted by Crippen LogP contribution is -2.50. The largest absolute Gasteiger partial charge is 0.375 e. The number of nitrogens with zero attached hydrogens (tertiary/aromatic N) is 2. The van der Waals surface area contributed by atoms with Gasteiger partial charge in [-0.25, -0.2) is 0 Å². The van der Waals surface area contributed by atoms with Crippen LogP contribution in [0.3, 0.4) is 0 Å². The van der Waals surface area contributed by atoms with E-state index in [1.807, 2.05) is 0 Å². The molecular formula is C10H20ClN3O3. The van der Waals surface area contributed by atoms with Crippen LogP contribution < -0.4 is 5.32 Å². The monoisotopic (exact) mass is 265 g/mol. The molecule has 2 amide bonds. The van der Waals surface area contributed by atoms with Gasteiger partial charge in [-0.15, -0.1) is 12.4 Å². The molecule has 1 saturated heterocycles. The van der Waals surface area contributed by atoms with Gasteiger partial charge in [0.2, 0.25) is 11.8 Å². The van der Waals surface area contributed by atoms with Crippen molar-refractivity contribution in [3.63, 3.8) is 0 Å². The fraction of sp³-hybridized carbons (Fsp3) is 0.800. The van der Waals surface area contributed by atoms with Crippen molar-refractivity contribution < 1.29 is 14.3 Å². The van der Waals surface area contributed by atoms with Gasteiger partial charge in [-0.3, -0.25) is 9.59 Å². The first kappa shape index (κ1) is 16.1. The summed E-state index contributed by atoms with van der Waals surface area (Å²) in [5.74, 6) is -0.181. The molecular weight excluding hydrogens is 246 g/mol. The third kappa shape index (κ3) is 5.34. The van der Waals surface area contributed by atoms with E-state index in [1.54, 1.807) is 11.9 Å². The van der Waals surface area contributed by atoms with Crippen molar-refractivity contribution >= 4 is 24.2 Å². The second-order valence-corrected chi connectivity index (χ2v) is 3.81.